The predicted molar refractivity (Wildman–Crippen MR) is 104 cm³/mol. The van der Waals surface area contributed by atoms with Crippen molar-refractivity contribution in [2.24, 2.45) is 5.73 Å². The van der Waals surface area contributed by atoms with Gasteiger partial charge in [-0.05, 0) is 30.8 Å². The lowest BCUT2D eigenvalue weighted by atomic mass is 10.1. The summed E-state index contributed by atoms with van der Waals surface area (Å²) in [7, 11) is 4.07. The first-order valence-corrected chi connectivity index (χ1v) is 7.37. The first kappa shape index (κ1) is 22.4. The molecule has 4 nitrogen and oxygen atoms in total. The Morgan fingerprint density at radius 3 is 2.29 bits per heavy atom. The van der Waals surface area contributed by atoms with Crippen LogP contribution in [0.25, 0.3) is 0 Å². The van der Waals surface area contributed by atoms with E-state index in [4.69, 9.17) is 5.73 Å². The van der Waals surface area contributed by atoms with Crippen molar-refractivity contribution in [3.63, 3.8) is 0 Å². The minimum absolute atomic E-state index is 0. The summed E-state index contributed by atoms with van der Waals surface area (Å²) in [5, 5.41) is 2.90. The number of nitrogens with one attached hydrogen (secondary N) is 1. The molecule has 24 heavy (non-hydrogen) atoms. The zero-order valence-corrected chi connectivity index (χ0v) is 15.6. The smallest absolute Gasteiger partial charge is 0.241 e. The number of nitrogens with two attached hydrogens (primary N) is 1. The average molecular weight is 370 g/mol. The van der Waals surface area contributed by atoms with Crippen molar-refractivity contribution in [3.05, 3.63) is 71.3 Å². The van der Waals surface area contributed by atoms with Crippen molar-refractivity contribution in [2.75, 3.05) is 14.1 Å². The third-order valence-electron chi connectivity index (χ3n) is 3.40. The van der Waals surface area contributed by atoms with E-state index in [2.05, 4.69) is 22.3 Å². The molecule has 6 heteroatoms. The van der Waals surface area contributed by atoms with Gasteiger partial charge in [-0.15, -0.1) is 24.8 Å². The molecule has 0 aliphatic heterocycles. The van der Waals surface area contributed by atoms with Gasteiger partial charge in [0, 0.05) is 13.1 Å². The van der Waals surface area contributed by atoms with Gasteiger partial charge in [0.25, 0.3) is 0 Å². The number of carbonyl (C=O) groups excluding carboxylic acids is 1. The molecule has 0 aromatic heterocycles. The van der Waals surface area contributed by atoms with E-state index in [0.717, 1.165) is 17.7 Å². The number of hydrogen-bond acceptors (Lipinski definition) is 3. The number of nitrogens with zero attached hydrogens (tertiary/aromatic N) is 1. The minimum Gasteiger partial charge on any atom is -0.350 e. The zero-order chi connectivity index (χ0) is 15.9. The minimum atomic E-state index is -0.633. The number of carbonyl (C=O) groups is 1. The molecule has 0 bridgehead atoms. The highest BCUT2D eigenvalue weighted by atomic mass is 35.5. The van der Waals surface area contributed by atoms with E-state index in [1.165, 1.54) is 5.56 Å². The molecule has 132 valence electrons. The Morgan fingerprint density at radius 1 is 1.04 bits per heavy atom. The van der Waals surface area contributed by atoms with Crippen LogP contribution in [0.3, 0.4) is 0 Å². The Labute approximate surface area is 156 Å². The van der Waals surface area contributed by atoms with E-state index in [0.29, 0.717) is 6.54 Å². The second kappa shape index (κ2) is 11.0. The van der Waals surface area contributed by atoms with Gasteiger partial charge in [0.2, 0.25) is 5.91 Å². The first-order valence-electron chi connectivity index (χ1n) is 7.37. The van der Waals surface area contributed by atoms with Crippen LogP contribution in [-0.2, 0) is 17.9 Å². The third-order valence-corrected chi connectivity index (χ3v) is 3.40. The van der Waals surface area contributed by atoms with Crippen LogP contribution < -0.4 is 11.1 Å². The van der Waals surface area contributed by atoms with E-state index in [-0.39, 0.29) is 30.7 Å². The Kier molecular flexibility index (Phi) is 10.3. The number of halogens is 2. The second-order valence-electron chi connectivity index (χ2n) is 5.66. The van der Waals surface area contributed by atoms with Crippen LogP contribution in [0.4, 0.5) is 0 Å². The van der Waals surface area contributed by atoms with Gasteiger partial charge < -0.3 is 16.0 Å². The lowest BCUT2D eigenvalue weighted by Gasteiger charge is -2.14. The van der Waals surface area contributed by atoms with Gasteiger partial charge in [0.15, 0.2) is 0 Å². The molecule has 2 aromatic carbocycles. The maximum absolute atomic E-state index is 12.1. The maximum atomic E-state index is 12.1. The van der Waals surface area contributed by atoms with Gasteiger partial charge in [-0.3, -0.25) is 4.79 Å². The van der Waals surface area contributed by atoms with Crippen LogP contribution in [0, 0.1) is 0 Å². The summed E-state index contributed by atoms with van der Waals surface area (Å²) < 4.78 is 0. The van der Waals surface area contributed by atoms with Crippen molar-refractivity contribution in [3.8, 4) is 0 Å². The lowest BCUT2D eigenvalue weighted by Crippen LogP contribution is -2.33. The van der Waals surface area contributed by atoms with Gasteiger partial charge in [-0.1, -0.05) is 54.6 Å². The fourth-order valence-electron chi connectivity index (χ4n) is 2.31. The highest BCUT2D eigenvalue weighted by Gasteiger charge is 2.14. The van der Waals surface area contributed by atoms with Crippen LogP contribution >= 0.6 is 24.8 Å². The SMILES string of the molecule is CN(C)Cc1cccc(CNC(=O)C(N)c2ccccc2)c1.Cl.Cl. The largest absolute Gasteiger partial charge is 0.350 e. The molecule has 2 aromatic rings. The molecular weight excluding hydrogens is 345 g/mol. The summed E-state index contributed by atoms with van der Waals surface area (Å²) in [6, 6.07) is 17.0. The summed E-state index contributed by atoms with van der Waals surface area (Å²) in [5.41, 5.74) is 9.10. The summed E-state index contributed by atoms with van der Waals surface area (Å²) in [6.45, 7) is 1.37. The Balaban J connectivity index is 0.00000264. The van der Waals surface area contributed by atoms with Crippen molar-refractivity contribution in [1.29, 1.82) is 0 Å². The number of hydrogen-bond donors (Lipinski definition) is 2. The molecule has 0 saturated heterocycles. The quantitative estimate of drug-likeness (QED) is 0.822. The number of rotatable bonds is 6. The lowest BCUT2D eigenvalue weighted by molar-refractivity contribution is -0.122. The standard InChI is InChI=1S/C18H23N3O.2ClH/c1-21(2)13-15-8-6-7-14(11-15)12-20-18(22)17(19)16-9-4-3-5-10-16;;/h3-11,17H,12-13,19H2,1-2H3,(H,20,22);2*1H. The van der Waals surface area contributed by atoms with Crippen molar-refractivity contribution in [2.45, 2.75) is 19.1 Å². The first-order chi connectivity index (χ1) is 10.6. The molecule has 0 heterocycles. The molecule has 1 atom stereocenters. The average Bonchev–Trinajstić information content (AvgIpc) is 2.52. The van der Waals surface area contributed by atoms with E-state index >= 15 is 0 Å². The third kappa shape index (κ3) is 6.89. The van der Waals surface area contributed by atoms with Gasteiger partial charge in [-0.25, -0.2) is 0 Å². The molecule has 1 amide bonds. The Hall–Kier alpha value is -1.59. The molecular formula is C18H25Cl2N3O. The Morgan fingerprint density at radius 2 is 1.67 bits per heavy atom. The van der Waals surface area contributed by atoms with Gasteiger partial charge in [0.1, 0.15) is 6.04 Å². The van der Waals surface area contributed by atoms with E-state index in [1.54, 1.807) is 0 Å². The highest BCUT2D eigenvalue weighted by molar-refractivity contribution is 5.85. The Bertz CT molecular complexity index is 621. The topological polar surface area (TPSA) is 58.4 Å². The van der Waals surface area contributed by atoms with E-state index < -0.39 is 6.04 Å². The summed E-state index contributed by atoms with van der Waals surface area (Å²) >= 11 is 0. The highest BCUT2D eigenvalue weighted by Crippen LogP contribution is 2.11. The number of benzene rings is 2. The van der Waals surface area contributed by atoms with Crippen LogP contribution in [0.15, 0.2) is 54.6 Å². The zero-order valence-electron chi connectivity index (χ0n) is 13.9. The fourth-order valence-corrected chi connectivity index (χ4v) is 2.31. The number of amides is 1. The summed E-state index contributed by atoms with van der Waals surface area (Å²) in [4.78, 5) is 14.2. The molecule has 0 aliphatic carbocycles. The molecule has 0 aliphatic rings. The normalized spacial score (nSPS) is 11.2. The van der Waals surface area contributed by atoms with Crippen molar-refractivity contribution < 1.29 is 4.79 Å². The van der Waals surface area contributed by atoms with Crippen LogP contribution in [0.1, 0.15) is 22.7 Å². The van der Waals surface area contributed by atoms with Crippen LogP contribution in [-0.4, -0.2) is 24.9 Å². The van der Waals surface area contributed by atoms with Gasteiger partial charge in [0.05, 0.1) is 0 Å². The molecule has 0 saturated carbocycles. The molecule has 1 unspecified atom stereocenters. The summed E-state index contributed by atoms with van der Waals surface area (Å²) in [5.74, 6) is -0.163. The second-order valence-corrected chi connectivity index (χ2v) is 5.66. The summed E-state index contributed by atoms with van der Waals surface area (Å²) in [6.07, 6.45) is 0. The van der Waals surface area contributed by atoms with E-state index in [1.807, 2.05) is 56.6 Å². The molecule has 0 fully saturated rings. The van der Waals surface area contributed by atoms with Crippen LogP contribution in [0.2, 0.25) is 0 Å². The molecule has 0 radical (unpaired) electrons. The van der Waals surface area contributed by atoms with E-state index in [9.17, 15) is 4.79 Å². The predicted octanol–water partition coefficient (Wildman–Crippen LogP) is 2.91. The fraction of sp³-hybridized carbons (Fsp3) is 0.278. The van der Waals surface area contributed by atoms with Crippen LogP contribution in [0.5, 0.6) is 0 Å². The molecule has 2 rings (SSSR count). The van der Waals surface area contributed by atoms with Crippen molar-refractivity contribution in [1.82, 2.24) is 10.2 Å². The van der Waals surface area contributed by atoms with Gasteiger partial charge in [-0.2, -0.15) is 0 Å². The molecule has 0 spiro atoms. The monoisotopic (exact) mass is 369 g/mol. The van der Waals surface area contributed by atoms with Gasteiger partial charge >= 0.3 is 0 Å². The molecule has 3 N–H and O–H groups in total. The maximum Gasteiger partial charge on any atom is 0.241 e. The van der Waals surface area contributed by atoms with Crippen molar-refractivity contribution >= 4 is 30.7 Å².